The highest BCUT2D eigenvalue weighted by atomic mass is 16.5. The molecule has 0 saturated carbocycles. The van der Waals surface area contributed by atoms with Crippen molar-refractivity contribution < 1.29 is 14.3 Å². The van der Waals surface area contributed by atoms with E-state index in [9.17, 15) is 9.59 Å². The lowest BCUT2D eigenvalue weighted by Gasteiger charge is -2.51. The van der Waals surface area contributed by atoms with Gasteiger partial charge in [0.05, 0.1) is 25.1 Å². The molecule has 0 aromatic heterocycles. The summed E-state index contributed by atoms with van der Waals surface area (Å²) < 4.78 is 5.47. The Hall–Kier alpha value is -3.86. The summed E-state index contributed by atoms with van der Waals surface area (Å²) in [5.41, 5.74) is 7.01. The normalized spacial score (nSPS) is 19.0. The second kappa shape index (κ2) is 11.5. The minimum absolute atomic E-state index is 0.0942. The van der Waals surface area contributed by atoms with Crippen molar-refractivity contribution >= 4 is 23.6 Å². The van der Waals surface area contributed by atoms with Gasteiger partial charge in [0, 0.05) is 6.54 Å². The van der Waals surface area contributed by atoms with Crippen molar-refractivity contribution in [2.24, 2.45) is 0 Å². The number of ether oxygens (including phenoxy) is 1. The Bertz CT molecular complexity index is 1380. The number of aryl methyl sites for hydroxylation is 1. The van der Waals surface area contributed by atoms with E-state index in [4.69, 9.17) is 4.74 Å². The number of unbranched alkanes of at least 4 members (excludes halogenated alkanes) is 3. The highest BCUT2D eigenvalue weighted by Crippen LogP contribution is 2.59. The predicted molar refractivity (Wildman–Crippen MR) is 156 cm³/mol. The van der Waals surface area contributed by atoms with E-state index < -0.39 is 17.7 Å². The molecule has 2 atom stereocenters. The number of carbonyl (C=O) groups is 2. The van der Waals surface area contributed by atoms with E-state index in [1.807, 2.05) is 41.3 Å². The zero-order chi connectivity index (χ0) is 27.4. The number of benzene rings is 3. The summed E-state index contributed by atoms with van der Waals surface area (Å²) in [6, 6.07) is 24.2. The molecular weight excluding hydrogens is 484 g/mol. The second-order valence-corrected chi connectivity index (χ2v) is 10.7. The monoisotopic (exact) mass is 522 g/mol. The van der Waals surface area contributed by atoms with E-state index in [2.05, 4.69) is 61.6 Å². The minimum Gasteiger partial charge on any atom is -0.453 e. The molecule has 2 amide bonds. The third kappa shape index (κ3) is 4.98. The summed E-state index contributed by atoms with van der Waals surface area (Å²) in [6.07, 6.45) is 7.13. The van der Waals surface area contributed by atoms with Crippen molar-refractivity contribution in [3.63, 3.8) is 0 Å². The number of fused-ring (bicyclic) bond motifs is 5. The molecule has 3 aromatic rings. The number of hydrogen-bond donors (Lipinski definition) is 1. The SMILES string of the molecule is CCCCCCC12C(=Cc3cc(C)ccc31)c1ccccc1C(CC(=O)NCc1ccccc1)N2C(=O)OC. The zero-order valence-electron chi connectivity index (χ0n) is 23.2. The van der Waals surface area contributed by atoms with Crippen molar-refractivity contribution in [3.05, 3.63) is 106 Å². The van der Waals surface area contributed by atoms with Crippen molar-refractivity contribution in [2.75, 3.05) is 7.11 Å². The van der Waals surface area contributed by atoms with E-state index >= 15 is 0 Å². The summed E-state index contributed by atoms with van der Waals surface area (Å²) in [4.78, 5) is 29.1. The molecule has 39 heavy (non-hydrogen) atoms. The highest BCUT2D eigenvalue weighted by molar-refractivity contribution is 5.99. The van der Waals surface area contributed by atoms with Crippen LogP contribution < -0.4 is 5.32 Å². The van der Waals surface area contributed by atoms with Gasteiger partial charge in [-0.25, -0.2) is 4.79 Å². The van der Waals surface area contributed by atoms with E-state index in [-0.39, 0.29) is 12.3 Å². The molecule has 0 saturated heterocycles. The Kier molecular flexibility index (Phi) is 7.87. The van der Waals surface area contributed by atoms with Crippen LogP contribution in [0.25, 0.3) is 11.6 Å². The standard InChI is InChI=1S/C34H38N2O3/c1-4-5-6-12-19-34-29-18-17-24(2)20-26(29)21-30(34)27-15-10-11-16-28(27)31(36(34)33(38)39-3)22-32(37)35-23-25-13-8-7-9-14-25/h7-11,13-18,20-21,31H,4-6,12,19,22-23H2,1-3H3,(H,35,37). The molecule has 1 aliphatic heterocycles. The molecule has 3 aromatic carbocycles. The molecule has 0 bridgehead atoms. The molecule has 1 heterocycles. The van der Waals surface area contributed by atoms with Gasteiger partial charge >= 0.3 is 6.09 Å². The van der Waals surface area contributed by atoms with Crippen LogP contribution in [0.15, 0.2) is 72.8 Å². The first-order valence-corrected chi connectivity index (χ1v) is 14.1. The number of hydrogen-bond acceptors (Lipinski definition) is 3. The van der Waals surface area contributed by atoms with E-state index in [0.29, 0.717) is 6.54 Å². The van der Waals surface area contributed by atoms with Gasteiger partial charge in [0.2, 0.25) is 5.91 Å². The first kappa shape index (κ1) is 26.7. The maximum Gasteiger partial charge on any atom is 0.411 e. The molecule has 202 valence electrons. The van der Waals surface area contributed by atoms with Gasteiger partial charge < -0.3 is 10.1 Å². The van der Waals surface area contributed by atoms with Crippen LogP contribution in [0.2, 0.25) is 0 Å². The van der Waals surface area contributed by atoms with Crippen molar-refractivity contribution in [2.45, 2.75) is 70.5 Å². The van der Waals surface area contributed by atoms with Crippen LogP contribution in [0.5, 0.6) is 0 Å². The topological polar surface area (TPSA) is 58.6 Å². The average molecular weight is 523 g/mol. The van der Waals surface area contributed by atoms with Crippen LogP contribution in [0.3, 0.4) is 0 Å². The van der Waals surface area contributed by atoms with E-state index in [0.717, 1.165) is 65.5 Å². The lowest BCUT2D eigenvalue weighted by Crippen LogP contribution is -2.54. The summed E-state index contributed by atoms with van der Waals surface area (Å²) >= 11 is 0. The average Bonchev–Trinajstić information content (AvgIpc) is 3.28. The first-order valence-electron chi connectivity index (χ1n) is 14.1. The van der Waals surface area contributed by atoms with Gasteiger partial charge in [0.15, 0.2) is 0 Å². The summed E-state index contributed by atoms with van der Waals surface area (Å²) in [6.45, 7) is 4.75. The molecule has 1 aliphatic carbocycles. The van der Waals surface area contributed by atoms with E-state index in [1.165, 1.54) is 12.7 Å². The number of nitrogens with one attached hydrogen (secondary N) is 1. The lowest BCUT2D eigenvalue weighted by atomic mass is 9.71. The van der Waals surface area contributed by atoms with Gasteiger partial charge in [-0.15, -0.1) is 0 Å². The van der Waals surface area contributed by atoms with Gasteiger partial charge in [-0.1, -0.05) is 111 Å². The molecular formula is C34H38N2O3. The van der Waals surface area contributed by atoms with Crippen molar-refractivity contribution in [1.82, 2.24) is 10.2 Å². The molecule has 5 rings (SSSR count). The van der Waals surface area contributed by atoms with Gasteiger partial charge in [-0.2, -0.15) is 0 Å². The van der Waals surface area contributed by atoms with Crippen LogP contribution in [-0.2, 0) is 21.6 Å². The van der Waals surface area contributed by atoms with Crippen LogP contribution in [0.1, 0.15) is 84.9 Å². The van der Waals surface area contributed by atoms with Crippen LogP contribution in [0.4, 0.5) is 4.79 Å². The molecule has 2 aliphatic rings. The number of rotatable bonds is 9. The number of methoxy groups -OCH3 is 1. The van der Waals surface area contributed by atoms with E-state index in [1.54, 1.807) is 0 Å². The number of carbonyl (C=O) groups excluding carboxylic acids is 2. The Morgan fingerprint density at radius 1 is 0.974 bits per heavy atom. The summed E-state index contributed by atoms with van der Waals surface area (Å²) in [7, 11) is 1.44. The Labute approximate surface area is 231 Å². The minimum atomic E-state index is -0.692. The van der Waals surface area contributed by atoms with Gasteiger partial charge in [-0.05, 0) is 52.8 Å². The van der Waals surface area contributed by atoms with Gasteiger partial charge in [0.1, 0.15) is 0 Å². The molecule has 5 nitrogen and oxygen atoms in total. The molecule has 5 heteroatoms. The zero-order valence-corrected chi connectivity index (χ0v) is 23.2. The molecule has 0 fully saturated rings. The Morgan fingerprint density at radius 2 is 1.74 bits per heavy atom. The number of amides is 2. The fourth-order valence-electron chi connectivity index (χ4n) is 6.42. The molecule has 0 radical (unpaired) electrons. The Balaban J connectivity index is 1.60. The fourth-order valence-corrected chi connectivity index (χ4v) is 6.42. The predicted octanol–water partition coefficient (Wildman–Crippen LogP) is 7.54. The molecule has 2 unspecified atom stereocenters. The second-order valence-electron chi connectivity index (χ2n) is 10.7. The van der Waals surface area contributed by atoms with Gasteiger partial charge in [-0.3, -0.25) is 9.69 Å². The molecule has 1 N–H and O–H groups in total. The Morgan fingerprint density at radius 3 is 2.51 bits per heavy atom. The van der Waals surface area contributed by atoms with Crippen molar-refractivity contribution in [1.29, 1.82) is 0 Å². The van der Waals surface area contributed by atoms with Crippen LogP contribution >= 0.6 is 0 Å². The molecule has 0 spiro atoms. The number of nitrogens with zero attached hydrogens (tertiary/aromatic N) is 1. The fraction of sp³-hybridized carbons (Fsp3) is 0.353. The van der Waals surface area contributed by atoms with Crippen molar-refractivity contribution in [3.8, 4) is 0 Å². The lowest BCUT2D eigenvalue weighted by molar-refractivity contribution is -0.122. The quantitative estimate of drug-likeness (QED) is 0.295. The third-order valence-electron chi connectivity index (χ3n) is 8.21. The first-order chi connectivity index (χ1) is 19.0. The smallest absolute Gasteiger partial charge is 0.411 e. The largest absolute Gasteiger partial charge is 0.453 e. The highest BCUT2D eigenvalue weighted by Gasteiger charge is 2.55. The summed E-state index contributed by atoms with van der Waals surface area (Å²) in [5, 5.41) is 3.08. The van der Waals surface area contributed by atoms with Crippen LogP contribution in [-0.4, -0.2) is 24.0 Å². The third-order valence-corrected chi connectivity index (χ3v) is 8.21. The maximum atomic E-state index is 13.8. The summed E-state index contributed by atoms with van der Waals surface area (Å²) in [5.74, 6) is -0.0942. The van der Waals surface area contributed by atoms with Crippen LogP contribution in [0, 0.1) is 6.92 Å². The van der Waals surface area contributed by atoms with Gasteiger partial charge in [0.25, 0.3) is 0 Å². The maximum absolute atomic E-state index is 13.8.